The van der Waals surface area contributed by atoms with E-state index in [9.17, 15) is 4.79 Å². The Labute approximate surface area is 123 Å². The highest BCUT2D eigenvalue weighted by atomic mass is 32.2. The second-order valence-electron chi connectivity index (χ2n) is 4.19. The highest BCUT2D eigenvalue weighted by molar-refractivity contribution is 8.18. The van der Waals surface area contributed by atoms with Crippen LogP contribution in [0.4, 0.5) is 0 Å². The second-order valence-corrected chi connectivity index (χ2v) is 5.20. The van der Waals surface area contributed by atoms with Crippen molar-refractivity contribution in [1.82, 2.24) is 4.90 Å². The van der Waals surface area contributed by atoms with Gasteiger partial charge < -0.3 is 4.74 Å². The lowest BCUT2D eigenvalue weighted by molar-refractivity contribution is -0.122. The minimum absolute atomic E-state index is 0.0209. The second kappa shape index (κ2) is 6.61. The molecular formula is C15H18N2O2S. The van der Waals surface area contributed by atoms with Crippen molar-refractivity contribution in [1.29, 1.82) is 0 Å². The fourth-order valence-electron chi connectivity index (χ4n) is 1.92. The van der Waals surface area contributed by atoms with Gasteiger partial charge in [-0.05, 0) is 49.4 Å². The third-order valence-corrected chi connectivity index (χ3v) is 3.93. The summed E-state index contributed by atoms with van der Waals surface area (Å²) in [6.45, 7) is 5.24. The van der Waals surface area contributed by atoms with Crippen LogP contribution in [0.2, 0.25) is 0 Å². The van der Waals surface area contributed by atoms with Gasteiger partial charge in [0.1, 0.15) is 5.75 Å². The number of aliphatic imine (C=N–C) groups is 1. The zero-order chi connectivity index (χ0) is 14.5. The van der Waals surface area contributed by atoms with Crippen LogP contribution in [0.25, 0.3) is 6.08 Å². The van der Waals surface area contributed by atoms with Crippen molar-refractivity contribution >= 4 is 28.9 Å². The number of rotatable bonds is 4. The third kappa shape index (κ3) is 3.04. The summed E-state index contributed by atoms with van der Waals surface area (Å²) in [6.07, 6.45) is 1.89. The van der Waals surface area contributed by atoms with E-state index in [1.807, 2.05) is 44.2 Å². The smallest absolute Gasteiger partial charge is 0.266 e. The molecule has 1 saturated heterocycles. The number of likely N-dealkylation sites (N-methyl/N-ethyl adjacent to an activating group) is 1. The number of hydrogen-bond donors (Lipinski definition) is 0. The van der Waals surface area contributed by atoms with Gasteiger partial charge in [0.2, 0.25) is 0 Å². The summed E-state index contributed by atoms with van der Waals surface area (Å²) in [4.78, 5) is 19.1. The van der Waals surface area contributed by atoms with Gasteiger partial charge in [0.25, 0.3) is 5.91 Å². The molecule has 1 aliphatic heterocycles. The number of benzene rings is 1. The third-order valence-electron chi connectivity index (χ3n) is 2.89. The van der Waals surface area contributed by atoms with Crippen LogP contribution in [-0.4, -0.2) is 36.2 Å². The molecule has 1 heterocycles. The van der Waals surface area contributed by atoms with Crippen molar-refractivity contribution in [3.8, 4) is 5.75 Å². The number of carbonyl (C=O) groups is 1. The Morgan fingerprint density at radius 3 is 2.85 bits per heavy atom. The maximum absolute atomic E-state index is 12.3. The maximum Gasteiger partial charge on any atom is 0.266 e. The summed E-state index contributed by atoms with van der Waals surface area (Å²) in [7, 11) is 1.63. The van der Waals surface area contributed by atoms with Crippen molar-refractivity contribution in [3.05, 3.63) is 34.7 Å². The van der Waals surface area contributed by atoms with Gasteiger partial charge in [-0.25, -0.2) is 0 Å². The van der Waals surface area contributed by atoms with Gasteiger partial charge in [-0.1, -0.05) is 12.1 Å². The Morgan fingerprint density at radius 2 is 2.20 bits per heavy atom. The summed E-state index contributed by atoms with van der Waals surface area (Å²) < 4.78 is 5.19. The molecule has 0 unspecified atom stereocenters. The van der Waals surface area contributed by atoms with Gasteiger partial charge in [-0.15, -0.1) is 0 Å². The standard InChI is InChI=1S/C15H18N2O2S/c1-4-16-15-17(5-2)14(18)13(20-15)10-11-7-6-8-12(9-11)19-3/h6-10H,4-5H2,1-3H3/b13-10-,16-15?. The molecule has 20 heavy (non-hydrogen) atoms. The van der Waals surface area contributed by atoms with E-state index in [0.29, 0.717) is 18.0 Å². The number of thioether (sulfide) groups is 1. The quantitative estimate of drug-likeness (QED) is 0.801. The van der Waals surface area contributed by atoms with Crippen LogP contribution < -0.4 is 4.74 Å². The van der Waals surface area contributed by atoms with Crippen molar-refractivity contribution < 1.29 is 9.53 Å². The molecule has 1 aromatic rings. The Hall–Kier alpha value is -1.75. The lowest BCUT2D eigenvalue weighted by Gasteiger charge is -2.11. The molecule has 0 aliphatic carbocycles. The van der Waals surface area contributed by atoms with Crippen LogP contribution in [0.1, 0.15) is 19.4 Å². The van der Waals surface area contributed by atoms with Gasteiger partial charge >= 0.3 is 0 Å². The summed E-state index contributed by atoms with van der Waals surface area (Å²) >= 11 is 1.43. The largest absolute Gasteiger partial charge is 0.497 e. The molecule has 4 nitrogen and oxygen atoms in total. The molecule has 0 spiro atoms. The molecule has 0 N–H and O–H groups in total. The number of nitrogens with zero attached hydrogens (tertiary/aromatic N) is 2. The van der Waals surface area contributed by atoms with Gasteiger partial charge in [-0.3, -0.25) is 14.7 Å². The monoisotopic (exact) mass is 290 g/mol. The predicted octanol–water partition coefficient (Wildman–Crippen LogP) is 3.01. The first kappa shape index (κ1) is 14.7. The van der Waals surface area contributed by atoms with E-state index in [1.54, 1.807) is 12.0 Å². The molecule has 1 fully saturated rings. The first-order chi connectivity index (χ1) is 9.69. The van der Waals surface area contributed by atoms with E-state index in [4.69, 9.17) is 4.74 Å². The van der Waals surface area contributed by atoms with Crippen LogP contribution >= 0.6 is 11.8 Å². The minimum Gasteiger partial charge on any atom is -0.497 e. The molecule has 0 bridgehead atoms. The fraction of sp³-hybridized carbons (Fsp3) is 0.333. The van der Waals surface area contributed by atoms with Crippen LogP contribution in [0.5, 0.6) is 5.75 Å². The number of ether oxygens (including phenoxy) is 1. The van der Waals surface area contributed by atoms with E-state index >= 15 is 0 Å². The lowest BCUT2D eigenvalue weighted by Crippen LogP contribution is -2.28. The number of carbonyl (C=O) groups excluding carboxylic acids is 1. The summed E-state index contributed by atoms with van der Waals surface area (Å²) in [5.41, 5.74) is 0.953. The summed E-state index contributed by atoms with van der Waals surface area (Å²) in [5, 5.41) is 0.786. The van der Waals surface area contributed by atoms with Gasteiger partial charge in [0.05, 0.1) is 12.0 Å². The molecule has 1 aliphatic rings. The zero-order valence-electron chi connectivity index (χ0n) is 11.9. The van der Waals surface area contributed by atoms with E-state index in [2.05, 4.69) is 4.99 Å². The van der Waals surface area contributed by atoms with E-state index < -0.39 is 0 Å². The fourth-order valence-corrected chi connectivity index (χ4v) is 3.03. The molecule has 0 aromatic heterocycles. The van der Waals surface area contributed by atoms with Gasteiger partial charge in [0.15, 0.2) is 5.17 Å². The summed E-state index contributed by atoms with van der Waals surface area (Å²) in [5.74, 6) is 0.803. The van der Waals surface area contributed by atoms with E-state index in [-0.39, 0.29) is 5.91 Å². The molecule has 5 heteroatoms. The number of methoxy groups -OCH3 is 1. The average molecular weight is 290 g/mol. The van der Waals surface area contributed by atoms with Crippen molar-refractivity contribution in [2.45, 2.75) is 13.8 Å². The Morgan fingerprint density at radius 1 is 1.40 bits per heavy atom. The molecule has 0 atom stereocenters. The van der Waals surface area contributed by atoms with Gasteiger partial charge in [-0.2, -0.15) is 0 Å². The lowest BCUT2D eigenvalue weighted by atomic mass is 10.2. The first-order valence-corrected chi connectivity index (χ1v) is 7.41. The van der Waals surface area contributed by atoms with Crippen molar-refractivity contribution in [2.75, 3.05) is 20.2 Å². The predicted molar refractivity (Wildman–Crippen MR) is 83.9 cm³/mol. The maximum atomic E-state index is 12.3. The van der Waals surface area contributed by atoms with Crippen molar-refractivity contribution in [2.24, 2.45) is 4.99 Å². The molecule has 1 amide bonds. The SMILES string of the molecule is CCN=C1S/C(=C\c2cccc(OC)c2)C(=O)N1CC. The molecule has 2 rings (SSSR count). The first-order valence-electron chi connectivity index (χ1n) is 6.59. The van der Waals surface area contributed by atoms with Crippen LogP contribution in [0, 0.1) is 0 Å². The van der Waals surface area contributed by atoms with E-state index in [1.165, 1.54) is 11.8 Å². The Bertz CT molecular complexity index is 567. The molecule has 0 radical (unpaired) electrons. The van der Waals surface area contributed by atoms with E-state index in [0.717, 1.165) is 16.5 Å². The molecular weight excluding hydrogens is 272 g/mol. The Balaban J connectivity index is 2.30. The topological polar surface area (TPSA) is 41.9 Å². The number of hydrogen-bond acceptors (Lipinski definition) is 4. The Kier molecular flexibility index (Phi) is 4.84. The van der Waals surface area contributed by atoms with Crippen LogP contribution in [0.3, 0.4) is 0 Å². The molecule has 106 valence electrons. The minimum atomic E-state index is 0.0209. The van der Waals surface area contributed by atoms with Crippen LogP contribution in [0.15, 0.2) is 34.2 Å². The normalized spacial score (nSPS) is 19.1. The molecule has 0 saturated carbocycles. The molecule has 1 aromatic carbocycles. The van der Waals surface area contributed by atoms with Gasteiger partial charge in [0, 0.05) is 13.1 Å². The van der Waals surface area contributed by atoms with Crippen LogP contribution in [-0.2, 0) is 4.79 Å². The highest BCUT2D eigenvalue weighted by Crippen LogP contribution is 2.32. The highest BCUT2D eigenvalue weighted by Gasteiger charge is 2.31. The number of amidine groups is 1. The van der Waals surface area contributed by atoms with Crippen molar-refractivity contribution in [3.63, 3.8) is 0 Å². The zero-order valence-corrected chi connectivity index (χ0v) is 12.7. The number of amides is 1. The summed E-state index contributed by atoms with van der Waals surface area (Å²) in [6, 6.07) is 7.66. The average Bonchev–Trinajstić information content (AvgIpc) is 2.75.